The number of nitro benzene ring substituents is 1. The van der Waals surface area contributed by atoms with Crippen molar-refractivity contribution in [1.82, 2.24) is 4.72 Å². The molecule has 1 aromatic rings. The summed E-state index contributed by atoms with van der Waals surface area (Å²) in [4.78, 5) is 9.11. The molecule has 0 amide bonds. The average Bonchev–Trinajstić information content (AvgIpc) is 2.73. The molecule has 1 fully saturated rings. The van der Waals surface area contributed by atoms with Crippen LogP contribution >= 0.6 is 11.6 Å². The lowest BCUT2D eigenvalue weighted by molar-refractivity contribution is -0.390. The maximum absolute atomic E-state index is 13.5. The number of sulfonamides is 1. The molecule has 20 heavy (non-hydrogen) atoms. The number of alkyl halides is 1. The summed E-state index contributed by atoms with van der Waals surface area (Å²) in [5, 5.41) is 10.5. The minimum Gasteiger partial charge on any atom is -0.258 e. The third-order valence-corrected chi connectivity index (χ3v) is 5.20. The van der Waals surface area contributed by atoms with Crippen molar-refractivity contribution in [3.8, 4) is 0 Å². The largest absolute Gasteiger partial charge is 0.324 e. The molecular formula is C11H12ClFN2O4S. The van der Waals surface area contributed by atoms with Gasteiger partial charge in [-0.3, -0.25) is 10.1 Å². The number of halogens is 2. The number of rotatable bonds is 4. The van der Waals surface area contributed by atoms with E-state index in [1.165, 1.54) is 0 Å². The molecule has 0 radical (unpaired) electrons. The van der Waals surface area contributed by atoms with Crippen LogP contribution in [0.1, 0.15) is 19.3 Å². The van der Waals surface area contributed by atoms with Crippen molar-refractivity contribution in [2.24, 2.45) is 0 Å². The van der Waals surface area contributed by atoms with E-state index in [4.69, 9.17) is 11.6 Å². The van der Waals surface area contributed by atoms with Gasteiger partial charge in [0.25, 0.3) is 0 Å². The summed E-state index contributed by atoms with van der Waals surface area (Å²) in [5.74, 6) is -1.19. The molecule has 1 aliphatic carbocycles. The number of benzene rings is 1. The van der Waals surface area contributed by atoms with E-state index in [1.807, 2.05) is 0 Å². The number of hydrogen-bond donors (Lipinski definition) is 1. The molecule has 0 spiro atoms. The van der Waals surface area contributed by atoms with Gasteiger partial charge < -0.3 is 0 Å². The monoisotopic (exact) mass is 322 g/mol. The van der Waals surface area contributed by atoms with Gasteiger partial charge in [-0.15, -0.1) is 11.6 Å². The Hall–Kier alpha value is -1.25. The van der Waals surface area contributed by atoms with Crippen LogP contribution in [0.25, 0.3) is 0 Å². The van der Waals surface area contributed by atoms with E-state index in [0.717, 1.165) is 24.6 Å². The Morgan fingerprint density at radius 1 is 1.40 bits per heavy atom. The second-order valence-corrected chi connectivity index (χ2v) is 6.76. The van der Waals surface area contributed by atoms with Crippen molar-refractivity contribution in [2.45, 2.75) is 35.6 Å². The summed E-state index contributed by atoms with van der Waals surface area (Å²) in [6.45, 7) is 0. The van der Waals surface area contributed by atoms with E-state index in [-0.39, 0.29) is 5.38 Å². The van der Waals surface area contributed by atoms with Gasteiger partial charge >= 0.3 is 5.69 Å². The highest BCUT2D eigenvalue weighted by molar-refractivity contribution is 7.89. The summed E-state index contributed by atoms with van der Waals surface area (Å²) in [6, 6.07) is 2.47. The summed E-state index contributed by atoms with van der Waals surface area (Å²) in [6.07, 6.45) is 1.99. The third-order valence-electron chi connectivity index (χ3n) is 3.16. The smallest absolute Gasteiger partial charge is 0.258 e. The number of nitrogens with zero attached hydrogens (tertiary/aromatic N) is 1. The highest BCUT2D eigenvalue weighted by Gasteiger charge is 2.34. The van der Waals surface area contributed by atoms with E-state index < -0.39 is 37.4 Å². The van der Waals surface area contributed by atoms with Gasteiger partial charge in [0, 0.05) is 11.4 Å². The molecule has 0 aliphatic heterocycles. The van der Waals surface area contributed by atoms with Crippen LogP contribution in [0.3, 0.4) is 0 Å². The standard InChI is InChI=1S/C11H12ClFN2O4S/c12-7-3-1-5-9(7)14-20(18,19)10-6-2-4-8(13)11(10)15(16)17/h2,4,6-7,9,14H,1,3,5H2. The van der Waals surface area contributed by atoms with E-state index in [9.17, 15) is 22.9 Å². The summed E-state index contributed by atoms with van der Waals surface area (Å²) < 4.78 is 40.1. The predicted molar refractivity (Wildman–Crippen MR) is 70.7 cm³/mol. The first-order valence-corrected chi connectivity index (χ1v) is 7.84. The predicted octanol–water partition coefficient (Wildman–Crippen LogP) is 2.17. The van der Waals surface area contributed by atoms with Crippen LogP contribution in [0.15, 0.2) is 23.1 Å². The van der Waals surface area contributed by atoms with Crippen LogP contribution in [0.4, 0.5) is 10.1 Å². The van der Waals surface area contributed by atoms with Crippen LogP contribution < -0.4 is 4.72 Å². The fraction of sp³-hybridized carbons (Fsp3) is 0.455. The fourth-order valence-electron chi connectivity index (χ4n) is 2.20. The van der Waals surface area contributed by atoms with Crippen molar-refractivity contribution in [2.75, 3.05) is 0 Å². The molecule has 2 rings (SSSR count). The number of para-hydroxylation sites is 1. The quantitative estimate of drug-likeness (QED) is 0.522. The van der Waals surface area contributed by atoms with Crippen molar-refractivity contribution in [3.63, 3.8) is 0 Å². The summed E-state index contributed by atoms with van der Waals surface area (Å²) >= 11 is 5.97. The number of nitrogens with one attached hydrogen (secondary N) is 1. The molecule has 2 atom stereocenters. The first-order chi connectivity index (χ1) is 9.33. The Kier molecular flexibility index (Phi) is 4.26. The van der Waals surface area contributed by atoms with Crippen LogP contribution in [0.5, 0.6) is 0 Å². The Morgan fingerprint density at radius 2 is 2.10 bits per heavy atom. The highest BCUT2D eigenvalue weighted by Crippen LogP contribution is 2.29. The van der Waals surface area contributed by atoms with E-state index in [2.05, 4.69) is 4.72 Å². The van der Waals surface area contributed by atoms with Gasteiger partial charge in [0.1, 0.15) is 0 Å². The molecule has 2 unspecified atom stereocenters. The molecule has 0 saturated heterocycles. The van der Waals surface area contributed by atoms with Crippen LogP contribution in [-0.2, 0) is 10.0 Å². The summed E-state index contributed by atoms with van der Waals surface area (Å²) in [7, 11) is -4.19. The maximum Gasteiger partial charge on any atom is 0.324 e. The van der Waals surface area contributed by atoms with E-state index >= 15 is 0 Å². The summed E-state index contributed by atoms with van der Waals surface area (Å²) in [5.41, 5.74) is -1.05. The normalized spacial score (nSPS) is 22.9. The van der Waals surface area contributed by atoms with Gasteiger partial charge in [-0.25, -0.2) is 13.1 Å². The van der Waals surface area contributed by atoms with E-state index in [0.29, 0.717) is 12.8 Å². The first kappa shape index (κ1) is 15.1. The van der Waals surface area contributed by atoms with Gasteiger partial charge in [0.2, 0.25) is 15.8 Å². The Morgan fingerprint density at radius 3 is 2.65 bits per heavy atom. The fourth-order valence-corrected chi connectivity index (χ4v) is 4.11. The van der Waals surface area contributed by atoms with Crippen molar-refractivity contribution in [1.29, 1.82) is 0 Å². The lowest BCUT2D eigenvalue weighted by Gasteiger charge is -2.16. The average molecular weight is 323 g/mol. The van der Waals surface area contributed by atoms with Crippen LogP contribution in [0, 0.1) is 15.9 Å². The zero-order valence-corrected chi connectivity index (χ0v) is 11.8. The molecule has 0 aromatic heterocycles. The molecule has 1 aliphatic rings. The molecule has 1 aromatic carbocycles. The molecule has 0 heterocycles. The maximum atomic E-state index is 13.5. The topological polar surface area (TPSA) is 89.3 Å². The first-order valence-electron chi connectivity index (χ1n) is 5.92. The number of nitro groups is 1. The molecule has 1 N–H and O–H groups in total. The lowest BCUT2D eigenvalue weighted by Crippen LogP contribution is -2.38. The van der Waals surface area contributed by atoms with Gasteiger partial charge in [-0.05, 0) is 25.0 Å². The molecular weight excluding hydrogens is 311 g/mol. The van der Waals surface area contributed by atoms with Gasteiger partial charge in [0.05, 0.1) is 4.92 Å². The van der Waals surface area contributed by atoms with E-state index in [1.54, 1.807) is 0 Å². The van der Waals surface area contributed by atoms with Gasteiger partial charge in [0.15, 0.2) is 4.90 Å². The van der Waals surface area contributed by atoms with Crippen molar-refractivity contribution >= 4 is 27.3 Å². The zero-order valence-electron chi connectivity index (χ0n) is 10.3. The van der Waals surface area contributed by atoms with Crippen molar-refractivity contribution in [3.05, 3.63) is 34.1 Å². The highest BCUT2D eigenvalue weighted by atomic mass is 35.5. The molecule has 110 valence electrons. The zero-order chi connectivity index (χ0) is 14.9. The number of hydrogen-bond acceptors (Lipinski definition) is 4. The second kappa shape index (κ2) is 5.63. The van der Waals surface area contributed by atoms with Crippen LogP contribution in [0.2, 0.25) is 0 Å². The minimum absolute atomic E-state index is 0.364. The SMILES string of the molecule is O=[N+]([O-])c1c(F)cccc1S(=O)(=O)NC1CCCC1Cl. The molecule has 0 bridgehead atoms. The molecule has 9 heteroatoms. The van der Waals surface area contributed by atoms with Gasteiger partial charge in [-0.1, -0.05) is 12.5 Å². The Labute approximate surface area is 120 Å². The lowest BCUT2D eigenvalue weighted by atomic mass is 10.3. The van der Waals surface area contributed by atoms with Gasteiger partial charge in [-0.2, -0.15) is 4.39 Å². The Balaban J connectivity index is 2.39. The third kappa shape index (κ3) is 2.92. The van der Waals surface area contributed by atoms with Crippen molar-refractivity contribution < 1.29 is 17.7 Å². The second-order valence-electron chi connectivity index (χ2n) is 4.52. The Bertz CT molecular complexity index is 637. The molecule has 6 nitrogen and oxygen atoms in total. The van der Waals surface area contributed by atoms with Crippen LogP contribution in [-0.4, -0.2) is 24.8 Å². The molecule has 1 saturated carbocycles. The minimum atomic E-state index is -4.19.